The van der Waals surface area contributed by atoms with E-state index in [0.717, 1.165) is 6.67 Å². The SMILES string of the molecule is C1NN1.OP(O)(O)=S. The second kappa shape index (κ2) is 3.47. The van der Waals surface area contributed by atoms with Crippen LogP contribution in [0.25, 0.3) is 0 Å². The Morgan fingerprint density at radius 3 is 1.38 bits per heavy atom. The van der Waals surface area contributed by atoms with Crippen molar-refractivity contribution in [2.24, 2.45) is 0 Å². The van der Waals surface area contributed by atoms with Gasteiger partial charge in [0.1, 0.15) is 0 Å². The molecule has 0 aromatic rings. The minimum atomic E-state index is -3.81. The summed E-state index contributed by atoms with van der Waals surface area (Å²) in [6, 6.07) is 0. The van der Waals surface area contributed by atoms with Crippen LogP contribution in [0.3, 0.4) is 0 Å². The van der Waals surface area contributed by atoms with Gasteiger partial charge in [-0.05, 0) is 11.8 Å². The highest BCUT2D eigenvalue weighted by atomic mass is 32.5. The molecule has 0 aromatic heterocycles. The predicted molar refractivity (Wildman–Crippen MR) is 32.1 cm³/mol. The fourth-order valence-electron chi connectivity index (χ4n) is 0. The van der Waals surface area contributed by atoms with Gasteiger partial charge in [0.25, 0.3) is 0 Å². The first-order valence-corrected chi connectivity index (χ1v) is 4.40. The number of hydrogen-bond donors (Lipinski definition) is 5. The van der Waals surface area contributed by atoms with Gasteiger partial charge in [-0.15, -0.1) is 0 Å². The Morgan fingerprint density at radius 2 is 1.38 bits per heavy atom. The van der Waals surface area contributed by atoms with Crippen molar-refractivity contribution >= 4 is 18.5 Å². The number of rotatable bonds is 0. The van der Waals surface area contributed by atoms with E-state index in [-0.39, 0.29) is 0 Å². The predicted octanol–water partition coefficient (Wildman–Crippen LogP) is -1.76. The van der Waals surface area contributed by atoms with Gasteiger partial charge in [-0.2, -0.15) is 0 Å². The molecule has 1 heterocycles. The smallest absolute Gasteiger partial charge is 0.319 e. The first-order chi connectivity index (χ1) is 3.50. The fourth-order valence-corrected chi connectivity index (χ4v) is 0. The molecule has 0 aliphatic carbocycles. The van der Waals surface area contributed by atoms with E-state index in [0.29, 0.717) is 0 Å². The van der Waals surface area contributed by atoms with Crippen LogP contribution in [-0.2, 0) is 11.8 Å². The van der Waals surface area contributed by atoms with Crippen molar-refractivity contribution in [3.05, 3.63) is 0 Å². The molecule has 5 nitrogen and oxygen atoms in total. The number of hydrazine groups is 1. The third kappa shape index (κ3) is 91.1. The average molecular weight is 158 g/mol. The van der Waals surface area contributed by atoms with E-state index >= 15 is 0 Å². The highest BCUT2D eigenvalue weighted by molar-refractivity contribution is 8.06. The largest absolute Gasteiger partial charge is 0.325 e. The van der Waals surface area contributed by atoms with Crippen molar-refractivity contribution in [3.63, 3.8) is 0 Å². The van der Waals surface area contributed by atoms with Crippen molar-refractivity contribution in [1.82, 2.24) is 10.9 Å². The lowest BCUT2D eigenvalue weighted by Gasteiger charge is -1.88. The molecule has 50 valence electrons. The topological polar surface area (TPSA) is 105 Å². The van der Waals surface area contributed by atoms with Crippen molar-refractivity contribution < 1.29 is 14.7 Å². The van der Waals surface area contributed by atoms with Gasteiger partial charge in [0.15, 0.2) is 0 Å². The zero-order valence-electron chi connectivity index (χ0n) is 3.90. The quantitative estimate of drug-likeness (QED) is 0.211. The minimum Gasteiger partial charge on any atom is -0.325 e. The number of hydrogen-bond acceptors (Lipinski definition) is 3. The normalized spacial score (nSPS) is 16.4. The molecule has 1 aliphatic heterocycles. The first kappa shape index (κ1) is 8.45. The van der Waals surface area contributed by atoms with Crippen LogP contribution in [0.4, 0.5) is 0 Å². The average Bonchev–Trinajstić information content (AvgIpc) is 1.95. The van der Waals surface area contributed by atoms with Gasteiger partial charge in [0.2, 0.25) is 0 Å². The molecule has 0 atom stereocenters. The molecule has 0 amide bonds. The van der Waals surface area contributed by atoms with Crippen LogP contribution < -0.4 is 10.9 Å². The third-order valence-electron chi connectivity index (χ3n) is 0.177. The maximum Gasteiger partial charge on any atom is 0.319 e. The lowest BCUT2D eigenvalue weighted by Crippen LogP contribution is -1.71. The van der Waals surface area contributed by atoms with Crippen LogP contribution in [0.2, 0.25) is 0 Å². The monoisotopic (exact) mass is 158 g/mol. The minimum absolute atomic E-state index is 1.00. The summed E-state index contributed by atoms with van der Waals surface area (Å²) in [6.45, 7) is -2.81. The molecule has 7 heteroatoms. The fraction of sp³-hybridized carbons (Fsp3) is 1.00. The Labute approximate surface area is 51.6 Å². The molecule has 1 aliphatic rings. The molecule has 0 spiro atoms. The van der Waals surface area contributed by atoms with Crippen LogP contribution >= 0.6 is 6.72 Å². The Morgan fingerprint density at radius 1 is 1.25 bits per heavy atom. The van der Waals surface area contributed by atoms with Gasteiger partial charge < -0.3 is 14.7 Å². The maximum atomic E-state index is 7.56. The van der Waals surface area contributed by atoms with Crippen LogP contribution in [0.5, 0.6) is 0 Å². The summed E-state index contributed by atoms with van der Waals surface area (Å²) in [5, 5.41) is 0. The van der Waals surface area contributed by atoms with E-state index in [9.17, 15) is 0 Å². The van der Waals surface area contributed by atoms with E-state index in [1.807, 2.05) is 0 Å². The van der Waals surface area contributed by atoms with E-state index in [4.69, 9.17) is 14.7 Å². The zero-order chi connectivity index (χ0) is 6.62. The van der Waals surface area contributed by atoms with E-state index in [2.05, 4.69) is 22.7 Å². The zero-order valence-corrected chi connectivity index (χ0v) is 5.62. The van der Waals surface area contributed by atoms with Crippen LogP contribution in [0.1, 0.15) is 0 Å². The van der Waals surface area contributed by atoms with Gasteiger partial charge in [0, 0.05) is 0 Å². The lowest BCUT2D eigenvalue weighted by atomic mass is 11.4. The van der Waals surface area contributed by atoms with E-state index in [1.54, 1.807) is 0 Å². The van der Waals surface area contributed by atoms with E-state index in [1.165, 1.54) is 0 Å². The molecule has 1 rings (SSSR count). The van der Waals surface area contributed by atoms with Gasteiger partial charge in [-0.25, -0.2) is 10.9 Å². The van der Waals surface area contributed by atoms with Crippen LogP contribution in [0.15, 0.2) is 0 Å². The van der Waals surface area contributed by atoms with Gasteiger partial charge in [0.05, 0.1) is 6.67 Å². The molecular weight excluding hydrogens is 151 g/mol. The summed E-state index contributed by atoms with van der Waals surface area (Å²) in [7, 11) is 0. The highest BCUT2D eigenvalue weighted by Crippen LogP contribution is 2.26. The van der Waals surface area contributed by atoms with Crippen LogP contribution in [-0.4, -0.2) is 21.3 Å². The molecule has 0 saturated carbocycles. The molecule has 0 aromatic carbocycles. The standard InChI is InChI=1S/CH4N2.H3O3PS/c1-2-3-1;1-4(2,3)5/h2-3H,1H2;(H3,1,2,3,5). The van der Waals surface area contributed by atoms with Gasteiger partial charge in [-0.1, -0.05) is 0 Å². The summed E-state index contributed by atoms with van der Waals surface area (Å²) < 4.78 is 0. The number of nitrogens with one attached hydrogen (secondary N) is 2. The van der Waals surface area contributed by atoms with Crippen molar-refractivity contribution in [3.8, 4) is 0 Å². The van der Waals surface area contributed by atoms with Crippen LogP contribution in [0, 0.1) is 0 Å². The molecule has 5 N–H and O–H groups in total. The maximum absolute atomic E-state index is 7.56. The second-order valence-corrected chi connectivity index (χ2v) is 3.54. The van der Waals surface area contributed by atoms with Gasteiger partial charge in [-0.3, -0.25) is 0 Å². The molecule has 8 heavy (non-hydrogen) atoms. The molecule has 0 bridgehead atoms. The summed E-state index contributed by atoms with van der Waals surface area (Å²) in [5.41, 5.74) is 5.50. The Bertz CT molecular complexity index is 88.4. The van der Waals surface area contributed by atoms with Crippen molar-refractivity contribution in [2.75, 3.05) is 6.67 Å². The summed E-state index contributed by atoms with van der Waals surface area (Å²) in [5.74, 6) is 0. The molecular formula is CH7N2O3PS. The Balaban J connectivity index is 0.000000135. The Hall–Kier alpha value is 0.450. The Kier molecular flexibility index (Phi) is 3.67. The van der Waals surface area contributed by atoms with E-state index < -0.39 is 6.72 Å². The van der Waals surface area contributed by atoms with Crippen molar-refractivity contribution in [1.29, 1.82) is 0 Å². The molecule has 1 saturated heterocycles. The summed E-state index contributed by atoms with van der Waals surface area (Å²) >= 11 is 3.60. The molecule has 0 radical (unpaired) electrons. The lowest BCUT2D eigenvalue weighted by molar-refractivity contribution is 0.363. The van der Waals surface area contributed by atoms with Gasteiger partial charge >= 0.3 is 6.72 Å². The first-order valence-electron chi connectivity index (χ1n) is 1.74. The second-order valence-electron chi connectivity index (χ2n) is 1.04. The third-order valence-corrected chi connectivity index (χ3v) is 0.177. The van der Waals surface area contributed by atoms with Crippen molar-refractivity contribution in [2.45, 2.75) is 0 Å². The highest BCUT2D eigenvalue weighted by Gasteiger charge is 1.92. The summed E-state index contributed by atoms with van der Waals surface area (Å²) in [4.78, 5) is 22.7. The molecule has 0 unspecified atom stereocenters. The molecule has 1 fully saturated rings. The summed E-state index contributed by atoms with van der Waals surface area (Å²) in [6.07, 6.45) is 0.